The first-order valence-corrected chi connectivity index (χ1v) is 14.8. The largest absolute Gasteiger partial charge is 0.465 e. The number of hydrogen-bond donors (Lipinski definition) is 1. The molecule has 0 radical (unpaired) electrons. The number of ether oxygens (including phenoxy) is 2. The van der Waals surface area contributed by atoms with E-state index in [0.29, 0.717) is 38.6 Å². The Hall–Kier alpha value is -3.75. The Labute approximate surface area is 247 Å². The molecule has 2 amide bonds. The minimum Gasteiger partial charge on any atom is -0.465 e. The van der Waals surface area contributed by atoms with Gasteiger partial charge >= 0.3 is 5.97 Å². The van der Waals surface area contributed by atoms with E-state index in [1.807, 2.05) is 60.7 Å². The van der Waals surface area contributed by atoms with E-state index in [-0.39, 0.29) is 31.6 Å². The molecule has 222 valence electrons. The second-order valence-corrected chi connectivity index (χ2v) is 11.4. The Kier molecular flexibility index (Phi) is 9.24. The van der Waals surface area contributed by atoms with Crippen molar-refractivity contribution in [2.24, 2.45) is 11.8 Å². The number of unbranched alkanes of at least 4 members (excludes halogenated alkanes) is 1. The fourth-order valence-corrected chi connectivity index (χ4v) is 7.03. The average Bonchev–Trinajstić information content (AvgIpc) is 3.66. The number of benzene rings is 2. The number of esters is 1. The maximum absolute atomic E-state index is 14.6. The van der Waals surface area contributed by atoms with Gasteiger partial charge in [-0.25, -0.2) is 0 Å². The topological polar surface area (TPSA) is 96.4 Å². The van der Waals surface area contributed by atoms with E-state index >= 15 is 0 Å². The number of aliphatic hydroxyl groups excluding tert-OH is 1. The lowest BCUT2D eigenvalue weighted by Gasteiger charge is -2.39. The van der Waals surface area contributed by atoms with Crippen molar-refractivity contribution < 1.29 is 29.0 Å². The van der Waals surface area contributed by atoms with Crippen LogP contribution in [-0.2, 0) is 36.8 Å². The van der Waals surface area contributed by atoms with Gasteiger partial charge in [0.25, 0.3) is 0 Å². The normalized spacial score (nSPS) is 26.5. The third-order valence-corrected chi connectivity index (χ3v) is 8.84. The molecule has 1 spiro atoms. The van der Waals surface area contributed by atoms with Crippen LogP contribution in [0.1, 0.15) is 36.8 Å². The van der Waals surface area contributed by atoms with Crippen LogP contribution in [0.3, 0.4) is 0 Å². The lowest BCUT2D eigenvalue weighted by atomic mass is 9.70. The molecule has 0 saturated carbocycles. The van der Waals surface area contributed by atoms with Gasteiger partial charge in [0.05, 0.1) is 37.2 Å². The molecule has 2 unspecified atom stereocenters. The second kappa shape index (κ2) is 13.0. The third-order valence-electron chi connectivity index (χ3n) is 8.84. The molecule has 6 atom stereocenters. The van der Waals surface area contributed by atoms with Gasteiger partial charge < -0.3 is 24.4 Å². The number of amides is 2. The quantitative estimate of drug-likeness (QED) is 0.211. The molecule has 3 heterocycles. The molecule has 8 heteroatoms. The van der Waals surface area contributed by atoms with Gasteiger partial charge in [-0.15, -0.1) is 13.2 Å². The minimum absolute atomic E-state index is 0.228. The van der Waals surface area contributed by atoms with Crippen LogP contribution >= 0.6 is 0 Å². The van der Waals surface area contributed by atoms with Crippen molar-refractivity contribution in [1.82, 2.24) is 9.80 Å². The van der Waals surface area contributed by atoms with Gasteiger partial charge in [0.15, 0.2) is 0 Å². The van der Waals surface area contributed by atoms with E-state index in [1.165, 1.54) is 4.90 Å². The number of likely N-dealkylation sites (tertiary alicyclic amines) is 1. The molecule has 3 fully saturated rings. The summed E-state index contributed by atoms with van der Waals surface area (Å²) in [5, 5.41) is 10.6. The van der Waals surface area contributed by atoms with Crippen molar-refractivity contribution in [1.29, 1.82) is 0 Å². The predicted molar refractivity (Wildman–Crippen MR) is 158 cm³/mol. The van der Waals surface area contributed by atoms with E-state index < -0.39 is 41.6 Å². The van der Waals surface area contributed by atoms with Crippen LogP contribution in [0, 0.1) is 11.8 Å². The highest BCUT2D eigenvalue weighted by atomic mass is 16.6. The van der Waals surface area contributed by atoms with Gasteiger partial charge in [-0.05, 0) is 43.2 Å². The van der Waals surface area contributed by atoms with Gasteiger partial charge in [-0.2, -0.15) is 0 Å². The molecule has 0 aliphatic carbocycles. The number of hydrogen-bond acceptors (Lipinski definition) is 6. The first-order valence-electron chi connectivity index (χ1n) is 14.8. The Morgan fingerprint density at radius 3 is 2.43 bits per heavy atom. The molecule has 3 aliphatic heterocycles. The highest BCUT2D eigenvalue weighted by Gasteiger charge is 2.75. The molecule has 3 aliphatic rings. The van der Waals surface area contributed by atoms with Gasteiger partial charge in [0.1, 0.15) is 11.6 Å². The summed E-state index contributed by atoms with van der Waals surface area (Å²) in [6, 6.07) is 17.6. The van der Waals surface area contributed by atoms with E-state index in [1.54, 1.807) is 17.1 Å². The maximum atomic E-state index is 14.6. The third kappa shape index (κ3) is 5.53. The lowest BCUT2D eigenvalue weighted by molar-refractivity contribution is -0.156. The molecular formula is C34H40N2O6. The first kappa shape index (κ1) is 29.7. The van der Waals surface area contributed by atoms with Crippen LogP contribution in [0.4, 0.5) is 0 Å². The van der Waals surface area contributed by atoms with Gasteiger partial charge in [-0.1, -0.05) is 72.8 Å². The summed E-state index contributed by atoms with van der Waals surface area (Å²) in [5.41, 5.74) is 0.697. The Morgan fingerprint density at radius 1 is 1.10 bits per heavy atom. The van der Waals surface area contributed by atoms with E-state index in [4.69, 9.17) is 9.47 Å². The smallest absolute Gasteiger partial charge is 0.312 e. The SMILES string of the molecule is C=CCCCOC(=O)[C@@H]1[C@@H]2CCC3(O2)C(C(=O)N(CC=C)Cc2ccccc2)N([C@@H](CO)Cc2ccccc2)C(=O)[C@H]13. The molecule has 5 rings (SSSR count). The van der Waals surface area contributed by atoms with Crippen molar-refractivity contribution in [3.05, 3.63) is 97.1 Å². The minimum atomic E-state index is -1.18. The Morgan fingerprint density at radius 2 is 1.79 bits per heavy atom. The predicted octanol–water partition coefficient (Wildman–Crippen LogP) is 3.69. The summed E-state index contributed by atoms with van der Waals surface area (Å²) in [6.07, 6.45) is 5.68. The van der Waals surface area contributed by atoms with Crippen LogP contribution in [0.15, 0.2) is 86.0 Å². The van der Waals surface area contributed by atoms with Crippen molar-refractivity contribution in [3.63, 3.8) is 0 Å². The fourth-order valence-electron chi connectivity index (χ4n) is 7.03. The molecule has 3 saturated heterocycles. The average molecular weight is 573 g/mol. The standard InChI is InChI=1S/C34H40N2O6/c1-3-5-12-20-41-33(40)28-27-17-18-34(42-27)29(28)31(38)36(26(23-37)21-24-13-8-6-9-14-24)30(34)32(39)35(19-4-2)22-25-15-10-7-11-16-25/h3-4,6-11,13-16,26-30,37H,1-2,5,12,17-23H2/t26-,27+,28-,29+,30?,34?/m1/s1. The number of carbonyl (C=O) groups excluding carboxylic acids is 3. The summed E-state index contributed by atoms with van der Waals surface area (Å²) in [7, 11) is 0. The van der Waals surface area contributed by atoms with Gasteiger partial charge in [-0.3, -0.25) is 14.4 Å². The van der Waals surface area contributed by atoms with Crippen LogP contribution in [0.5, 0.6) is 0 Å². The van der Waals surface area contributed by atoms with Crippen molar-refractivity contribution >= 4 is 17.8 Å². The Bertz CT molecular complexity index is 1280. The van der Waals surface area contributed by atoms with E-state index in [2.05, 4.69) is 13.2 Å². The van der Waals surface area contributed by atoms with Gasteiger partial charge in [0.2, 0.25) is 11.8 Å². The summed E-state index contributed by atoms with van der Waals surface area (Å²) >= 11 is 0. The molecule has 0 aromatic heterocycles. The maximum Gasteiger partial charge on any atom is 0.312 e. The lowest BCUT2D eigenvalue weighted by Crippen LogP contribution is -2.59. The van der Waals surface area contributed by atoms with Crippen LogP contribution in [0.2, 0.25) is 0 Å². The molecule has 2 aromatic rings. The van der Waals surface area contributed by atoms with Crippen molar-refractivity contribution in [3.8, 4) is 0 Å². The van der Waals surface area contributed by atoms with Crippen molar-refractivity contribution in [2.45, 2.75) is 62.4 Å². The molecule has 2 aromatic carbocycles. The molecule has 1 N–H and O–H groups in total. The number of aliphatic hydroxyl groups is 1. The summed E-state index contributed by atoms with van der Waals surface area (Å²) < 4.78 is 12.2. The number of nitrogens with zero attached hydrogens (tertiary/aromatic N) is 2. The van der Waals surface area contributed by atoms with E-state index in [9.17, 15) is 19.5 Å². The molecular weight excluding hydrogens is 532 g/mol. The zero-order valence-corrected chi connectivity index (χ0v) is 24.0. The highest BCUT2D eigenvalue weighted by Crippen LogP contribution is 2.59. The van der Waals surface area contributed by atoms with Crippen LogP contribution in [-0.4, -0.2) is 76.2 Å². The number of carbonyl (C=O) groups is 3. The zero-order valence-electron chi connectivity index (χ0n) is 24.0. The Balaban J connectivity index is 1.51. The summed E-state index contributed by atoms with van der Waals surface area (Å²) in [6.45, 7) is 8.06. The second-order valence-electron chi connectivity index (χ2n) is 11.4. The van der Waals surface area contributed by atoms with Crippen molar-refractivity contribution in [2.75, 3.05) is 19.8 Å². The zero-order chi connectivity index (χ0) is 29.7. The molecule has 42 heavy (non-hydrogen) atoms. The monoisotopic (exact) mass is 572 g/mol. The fraction of sp³-hybridized carbons (Fsp3) is 0.441. The number of rotatable bonds is 14. The van der Waals surface area contributed by atoms with E-state index in [0.717, 1.165) is 11.1 Å². The number of fused-ring (bicyclic) bond motifs is 1. The summed E-state index contributed by atoms with van der Waals surface area (Å²) in [4.78, 5) is 45.7. The molecule has 2 bridgehead atoms. The first-order chi connectivity index (χ1) is 20.4. The van der Waals surface area contributed by atoms with Crippen LogP contribution < -0.4 is 0 Å². The van der Waals surface area contributed by atoms with Crippen LogP contribution in [0.25, 0.3) is 0 Å². The van der Waals surface area contributed by atoms with Gasteiger partial charge in [0, 0.05) is 13.1 Å². The highest BCUT2D eigenvalue weighted by molar-refractivity contribution is 5.98. The summed E-state index contributed by atoms with van der Waals surface area (Å²) in [5.74, 6) is -2.73. The number of allylic oxidation sites excluding steroid dienone is 1. The molecule has 8 nitrogen and oxygen atoms in total.